The summed E-state index contributed by atoms with van der Waals surface area (Å²) in [5.41, 5.74) is 2.69. The monoisotopic (exact) mass is 389 g/mol. The lowest BCUT2D eigenvalue weighted by molar-refractivity contribution is 0.306. The van der Waals surface area contributed by atoms with Crippen molar-refractivity contribution in [2.45, 2.75) is 20.5 Å². The minimum Gasteiger partial charge on any atom is -0.488 e. The zero-order valence-electron chi connectivity index (χ0n) is 15.6. The van der Waals surface area contributed by atoms with E-state index in [1.165, 1.54) is 22.3 Å². The van der Waals surface area contributed by atoms with Crippen LogP contribution in [0.3, 0.4) is 0 Å². The topological polar surface area (TPSA) is 56.5 Å². The highest BCUT2D eigenvalue weighted by molar-refractivity contribution is 7.18. The molecule has 140 valence electrons. The van der Waals surface area contributed by atoms with Gasteiger partial charge in [0.15, 0.2) is 0 Å². The van der Waals surface area contributed by atoms with Gasteiger partial charge in [-0.15, -0.1) is 11.3 Å². The quantitative estimate of drug-likeness (QED) is 0.471. The number of thiophene rings is 1. The molecule has 0 aliphatic rings. The Hall–Kier alpha value is -3.25. The van der Waals surface area contributed by atoms with Gasteiger partial charge in [0.25, 0.3) is 5.56 Å². The van der Waals surface area contributed by atoms with E-state index < -0.39 is 0 Å². The second-order valence-corrected chi connectivity index (χ2v) is 7.62. The van der Waals surface area contributed by atoms with Crippen molar-refractivity contribution < 1.29 is 4.74 Å². The van der Waals surface area contributed by atoms with Crippen molar-refractivity contribution in [1.29, 1.82) is 0 Å². The number of nitrogens with zero attached hydrogens (tertiary/aromatic N) is 3. The molecule has 2 aromatic heterocycles. The van der Waals surface area contributed by atoms with E-state index >= 15 is 0 Å². The summed E-state index contributed by atoms with van der Waals surface area (Å²) in [7, 11) is 0. The first-order valence-electron chi connectivity index (χ1n) is 8.91. The van der Waals surface area contributed by atoms with Crippen LogP contribution in [0.25, 0.3) is 10.2 Å². The highest BCUT2D eigenvalue weighted by atomic mass is 32.1. The zero-order valence-corrected chi connectivity index (χ0v) is 16.4. The number of benzene rings is 2. The summed E-state index contributed by atoms with van der Waals surface area (Å²) in [5.74, 6) is 0.708. The van der Waals surface area contributed by atoms with Crippen LogP contribution >= 0.6 is 11.3 Å². The van der Waals surface area contributed by atoms with Crippen molar-refractivity contribution in [1.82, 2.24) is 9.66 Å². The fraction of sp³-hybridized carbons (Fsp3) is 0.136. The minimum absolute atomic E-state index is 0.161. The van der Waals surface area contributed by atoms with Crippen molar-refractivity contribution in [2.24, 2.45) is 5.10 Å². The Morgan fingerprint density at radius 2 is 1.86 bits per heavy atom. The normalized spacial score (nSPS) is 11.4. The maximum absolute atomic E-state index is 12.8. The molecule has 0 aliphatic carbocycles. The lowest BCUT2D eigenvalue weighted by atomic mass is 10.2. The lowest BCUT2D eigenvalue weighted by Crippen LogP contribution is -2.17. The second kappa shape index (κ2) is 7.78. The van der Waals surface area contributed by atoms with Crippen LogP contribution in [0, 0.1) is 13.8 Å². The molecule has 2 aromatic carbocycles. The molecule has 5 nitrogen and oxygen atoms in total. The number of aryl methyl sites for hydroxylation is 2. The molecular weight excluding hydrogens is 370 g/mol. The Labute approximate surface area is 166 Å². The fourth-order valence-electron chi connectivity index (χ4n) is 2.89. The number of para-hydroxylation sites is 1. The molecule has 0 bridgehead atoms. The van der Waals surface area contributed by atoms with Gasteiger partial charge in [-0.25, -0.2) is 4.98 Å². The van der Waals surface area contributed by atoms with Gasteiger partial charge >= 0.3 is 0 Å². The van der Waals surface area contributed by atoms with Crippen LogP contribution in [0.4, 0.5) is 0 Å². The molecule has 2 heterocycles. The average molecular weight is 389 g/mol. The largest absolute Gasteiger partial charge is 0.488 e. The van der Waals surface area contributed by atoms with Crippen LogP contribution in [-0.2, 0) is 6.61 Å². The number of hydrogen-bond acceptors (Lipinski definition) is 5. The van der Waals surface area contributed by atoms with Gasteiger partial charge < -0.3 is 4.74 Å². The molecule has 4 aromatic rings. The number of aromatic nitrogens is 2. The van der Waals surface area contributed by atoms with Crippen molar-refractivity contribution in [3.05, 3.63) is 92.8 Å². The Balaban J connectivity index is 1.62. The van der Waals surface area contributed by atoms with Gasteiger partial charge in [0, 0.05) is 10.4 Å². The minimum atomic E-state index is -0.161. The number of rotatable bonds is 5. The van der Waals surface area contributed by atoms with E-state index in [4.69, 9.17) is 4.74 Å². The van der Waals surface area contributed by atoms with Gasteiger partial charge in [-0.05, 0) is 37.1 Å². The van der Waals surface area contributed by atoms with Crippen LogP contribution in [-0.4, -0.2) is 15.9 Å². The predicted octanol–water partition coefficient (Wildman–Crippen LogP) is 4.54. The molecule has 0 saturated carbocycles. The SMILES string of the molecule is Cc1sc2ncn(/N=C/c3ccccc3OCc3ccccc3)c(=O)c2c1C. The zero-order chi connectivity index (χ0) is 19.5. The third-order valence-electron chi connectivity index (χ3n) is 4.55. The van der Waals surface area contributed by atoms with Gasteiger partial charge in [-0.1, -0.05) is 42.5 Å². The average Bonchev–Trinajstić information content (AvgIpc) is 3.02. The number of fused-ring (bicyclic) bond motifs is 1. The second-order valence-electron chi connectivity index (χ2n) is 6.41. The highest BCUT2D eigenvalue weighted by Gasteiger charge is 2.11. The van der Waals surface area contributed by atoms with E-state index in [9.17, 15) is 4.79 Å². The van der Waals surface area contributed by atoms with Gasteiger partial charge in [0.05, 0.1) is 11.6 Å². The van der Waals surface area contributed by atoms with Crippen LogP contribution in [0.2, 0.25) is 0 Å². The van der Waals surface area contributed by atoms with Gasteiger partial charge in [-0.2, -0.15) is 9.78 Å². The van der Waals surface area contributed by atoms with Crippen molar-refractivity contribution in [2.75, 3.05) is 0 Å². The van der Waals surface area contributed by atoms with Crippen LogP contribution in [0.1, 0.15) is 21.6 Å². The number of hydrogen-bond donors (Lipinski definition) is 0. The summed E-state index contributed by atoms with van der Waals surface area (Å²) < 4.78 is 7.22. The summed E-state index contributed by atoms with van der Waals surface area (Å²) in [6.07, 6.45) is 3.09. The summed E-state index contributed by atoms with van der Waals surface area (Å²) in [5, 5.41) is 4.97. The van der Waals surface area contributed by atoms with E-state index in [0.717, 1.165) is 26.4 Å². The standard InChI is InChI=1S/C22H19N3O2S/c1-15-16(2)28-21-20(15)22(26)25(14-23-21)24-12-18-10-6-7-11-19(18)27-13-17-8-4-3-5-9-17/h3-12,14H,13H2,1-2H3/b24-12+. The van der Waals surface area contributed by atoms with E-state index in [-0.39, 0.29) is 5.56 Å². The molecular formula is C22H19N3O2S. The molecule has 0 spiro atoms. The van der Waals surface area contributed by atoms with Crippen LogP contribution in [0.15, 0.2) is 70.8 Å². The Morgan fingerprint density at radius 1 is 1.11 bits per heavy atom. The van der Waals surface area contributed by atoms with E-state index in [0.29, 0.717) is 17.7 Å². The molecule has 0 fully saturated rings. The molecule has 0 N–H and O–H groups in total. The molecule has 0 atom stereocenters. The van der Waals surface area contributed by atoms with E-state index in [1.807, 2.05) is 68.4 Å². The third-order valence-corrected chi connectivity index (χ3v) is 5.67. The first-order chi connectivity index (χ1) is 13.6. The molecule has 0 radical (unpaired) electrons. The molecule has 0 aliphatic heterocycles. The third kappa shape index (κ3) is 3.59. The first kappa shape index (κ1) is 18.1. The Kier molecular flexibility index (Phi) is 5.04. The molecule has 6 heteroatoms. The highest BCUT2D eigenvalue weighted by Crippen LogP contribution is 2.25. The summed E-state index contributed by atoms with van der Waals surface area (Å²) in [4.78, 5) is 19.0. The molecule has 4 rings (SSSR count). The number of ether oxygens (including phenoxy) is 1. The van der Waals surface area contributed by atoms with Crippen molar-refractivity contribution >= 4 is 27.8 Å². The summed E-state index contributed by atoms with van der Waals surface area (Å²) in [6.45, 7) is 4.40. The summed E-state index contributed by atoms with van der Waals surface area (Å²) in [6, 6.07) is 17.6. The molecule has 0 saturated heterocycles. The smallest absolute Gasteiger partial charge is 0.282 e. The maximum atomic E-state index is 12.8. The van der Waals surface area contributed by atoms with Gasteiger partial charge in [-0.3, -0.25) is 4.79 Å². The first-order valence-corrected chi connectivity index (χ1v) is 9.72. The Morgan fingerprint density at radius 3 is 2.68 bits per heavy atom. The summed E-state index contributed by atoms with van der Waals surface area (Å²) >= 11 is 1.53. The molecule has 0 amide bonds. The van der Waals surface area contributed by atoms with E-state index in [2.05, 4.69) is 10.1 Å². The fourth-order valence-corrected chi connectivity index (χ4v) is 3.87. The van der Waals surface area contributed by atoms with E-state index in [1.54, 1.807) is 6.21 Å². The predicted molar refractivity (Wildman–Crippen MR) is 114 cm³/mol. The Bertz CT molecular complexity index is 1210. The van der Waals surface area contributed by atoms with Gasteiger partial charge in [0.2, 0.25) is 0 Å². The molecule has 28 heavy (non-hydrogen) atoms. The van der Waals surface area contributed by atoms with Crippen LogP contribution in [0.5, 0.6) is 5.75 Å². The maximum Gasteiger partial charge on any atom is 0.282 e. The lowest BCUT2D eigenvalue weighted by Gasteiger charge is -2.09. The van der Waals surface area contributed by atoms with Gasteiger partial charge in [0.1, 0.15) is 23.5 Å². The van der Waals surface area contributed by atoms with Crippen molar-refractivity contribution in [3.8, 4) is 5.75 Å². The van der Waals surface area contributed by atoms with Crippen LogP contribution < -0.4 is 10.3 Å². The molecule has 0 unspecified atom stereocenters. The van der Waals surface area contributed by atoms with Crippen molar-refractivity contribution in [3.63, 3.8) is 0 Å².